The standard InChI is InChI=1S/C22H30O4/c1-2-3-4-5-6-9-12-19(23)15-16-20-18(14-17-21(20)24)11-8-7-10-13-22(25)26/h3-4,6-9,14-20,23H,2,5,10-13H2,1H3,(H,25,26)/b4-3-,8-7-,9-6-,16-15+/t18-,19+,20-/m0/s1. The van der Waals surface area contributed by atoms with Crippen LogP contribution in [0.1, 0.15) is 45.4 Å². The van der Waals surface area contributed by atoms with E-state index in [4.69, 9.17) is 5.11 Å². The van der Waals surface area contributed by atoms with Gasteiger partial charge in [0.2, 0.25) is 0 Å². The van der Waals surface area contributed by atoms with E-state index in [0.717, 1.165) is 12.8 Å². The zero-order valence-corrected chi connectivity index (χ0v) is 15.5. The molecule has 0 amide bonds. The molecule has 0 saturated carbocycles. The average Bonchev–Trinajstić information content (AvgIpc) is 2.95. The van der Waals surface area contributed by atoms with Gasteiger partial charge in [0.1, 0.15) is 0 Å². The Labute approximate surface area is 156 Å². The van der Waals surface area contributed by atoms with Crippen molar-refractivity contribution in [2.24, 2.45) is 11.8 Å². The molecule has 142 valence electrons. The van der Waals surface area contributed by atoms with Gasteiger partial charge >= 0.3 is 5.97 Å². The monoisotopic (exact) mass is 358 g/mol. The van der Waals surface area contributed by atoms with Gasteiger partial charge in [-0.2, -0.15) is 0 Å². The van der Waals surface area contributed by atoms with Crippen molar-refractivity contribution in [2.45, 2.75) is 51.6 Å². The molecule has 0 aromatic rings. The number of aliphatic hydroxyl groups is 1. The Morgan fingerprint density at radius 2 is 1.96 bits per heavy atom. The van der Waals surface area contributed by atoms with Crippen LogP contribution >= 0.6 is 0 Å². The summed E-state index contributed by atoms with van der Waals surface area (Å²) < 4.78 is 0. The highest BCUT2D eigenvalue weighted by atomic mass is 16.4. The molecule has 4 nitrogen and oxygen atoms in total. The van der Waals surface area contributed by atoms with Crippen LogP contribution in [0.5, 0.6) is 0 Å². The summed E-state index contributed by atoms with van der Waals surface area (Å²) in [7, 11) is 0. The lowest BCUT2D eigenvalue weighted by molar-refractivity contribution is -0.136. The molecule has 0 aliphatic heterocycles. The molecular weight excluding hydrogens is 328 g/mol. The predicted molar refractivity (Wildman–Crippen MR) is 105 cm³/mol. The summed E-state index contributed by atoms with van der Waals surface area (Å²) in [5.41, 5.74) is 0. The molecule has 2 N–H and O–H groups in total. The number of hydrogen-bond acceptors (Lipinski definition) is 3. The molecule has 26 heavy (non-hydrogen) atoms. The Balaban J connectivity index is 2.41. The van der Waals surface area contributed by atoms with Crippen molar-refractivity contribution in [3.63, 3.8) is 0 Å². The maximum Gasteiger partial charge on any atom is 0.303 e. The summed E-state index contributed by atoms with van der Waals surface area (Å²) in [5.74, 6) is -0.930. The third-order valence-corrected chi connectivity index (χ3v) is 4.16. The van der Waals surface area contributed by atoms with Gasteiger partial charge in [0.15, 0.2) is 5.78 Å². The van der Waals surface area contributed by atoms with E-state index in [1.807, 2.05) is 30.4 Å². The first kappa shape index (κ1) is 21.8. The maximum atomic E-state index is 12.0. The molecule has 0 spiro atoms. The Morgan fingerprint density at radius 3 is 2.69 bits per heavy atom. The lowest BCUT2D eigenvalue weighted by Gasteiger charge is -2.13. The van der Waals surface area contributed by atoms with Crippen molar-refractivity contribution < 1.29 is 19.8 Å². The normalized spacial score (nSPS) is 21.8. The molecule has 0 unspecified atom stereocenters. The number of hydrogen-bond donors (Lipinski definition) is 2. The molecule has 0 heterocycles. The molecule has 3 atom stereocenters. The van der Waals surface area contributed by atoms with Crippen LogP contribution in [0.2, 0.25) is 0 Å². The van der Waals surface area contributed by atoms with Crippen LogP contribution in [-0.2, 0) is 9.59 Å². The van der Waals surface area contributed by atoms with E-state index in [-0.39, 0.29) is 24.0 Å². The van der Waals surface area contributed by atoms with Gasteiger partial charge in [-0.15, -0.1) is 0 Å². The Hall–Kier alpha value is -2.20. The predicted octanol–water partition coefficient (Wildman–Crippen LogP) is 4.39. The molecule has 0 bridgehead atoms. The second kappa shape index (κ2) is 13.1. The highest BCUT2D eigenvalue weighted by Crippen LogP contribution is 2.27. The Kier molecular flexibility index (Phi) is 11.0. The fourth-order valence-corrected chi connectivity index (χ4v) is 2.70. The molecule has 0 aromatic carbocycles. The fraction of sp³-hybridized carbons (Fsp3) is 0.455. The number of carbonyl (C=O) groups excluding carboxylic acids is 1. The van der Waals surface area contributed by atoms with Crippen molar-refractivity contribution in [3.05, 3.63) is 60.8 Å². The van der Waals surface area contributed by atoms with Crippen LogP contribution < -0.4 is 0 Å². The van der Waals surface area contributed by atoms with E-state index in [2.05, 4.69) is 19.1 Å². The lowest BCUT2D eigenvalue weighted by atomic mass is 9.90. The first-order valence-electron chi connectivity index (χ1n) is 9.29. The molecule has 0 radical (unpaired) electrons. The molecule has 1 rings (SSSR count). The van der Waals surface area contributed by atoms with E-state index in [0.29, 0.717) is 19.3 Å². The summed E-state index contributed by atoms with van der Waals surface area (Å²) in [5, 5.41) is 18.6. The smallest absolute Gasteiger partial charge is 0.303 e. The van der Waals surface area contributed by atoms with Crippen LogP contribution in [0, 0.1) is 11.8 Å². The van der Waals surface area contributed by atoms with E-state index in [1.165, 1.54) is 0 Å². The third-order valence-electron chi connectivity index (χ3n) is 4.16. The van der Waals surface area contributed by atoms with E-state index in [1.54, 1.807) is 18.2 Å². The minimum absolute atomic E-state index is 0.0534. The van der Waals surface area contributed by atoms with Gasteiger partial charge in [0, 0.05) is 12.3 Å². The lowest BCUT2D eigenvalue weighted by Crippen LogP contribution is -2.14. The summed E-state index contributed by atoms with van der Waals surface area (Å²) in [6.07, 6.45) is 22.1. The largest absolute Gasteiger partial charge is 0.481 e. The first-order valence-corrected chi connectivity index (χ1v) is 9.29. The van der Waals surface area contributed by atoms with Crippen LogP contribution in [-0.4, -0.2) is 28.1 Å². The average molecular weight is 358 g/mol. The number of allylic oxidation sites excluding steroid dienone is 8. The van der Waals surface area contributed by atoms with E-state index >= 15 is 0 Å². The second-order valence-corrected chi connectivity index (χ2v) is 6.37. The van der Waals surface area contributed by atoms with Gasteiger partial charge in [-0.1, -0.05) is 61.6 Å². The highest BCUT2D eigenvalue weighted by Gasteiger charge is 2.26. The quantitative estimate of drug-likeness (QED) is 0.507. The van der Waals surface area contributed by atoms with Gasteiger partial charge in [0.25, 0.3) is 0 Å². The zero-order chi connectivity index (χ0) is 19.2. The number of carboxylic acid groups (broad SMARTS) is 1. The third kappa shape index (κ3) is 9.33. The molecule has 1 aliphatic rings. The second-order valence-electron chi connectivity index (χ2n) is 6.37. The summed E-state index contributed by atoms with van der Waals surface area (Å²) in [4.78, 5) is 22.5. The van der Waals surface area contributed by atoms with Gasteiger partial charge in [-0.05, 0) is 44.1 Å². The molecule has 0 fully saturated rings. The van der Waals surface area contributed by atoms with Crippen LogP contribution in [0.15, 0.2) is 60.8 Å². The molecule has 0 saturated heterocycles. The molecule has 4 heteroatoms. The summed E-state index contributed by atoms with van der Waals surface area (Å²) in [6, 6.07) is 0. The molecule has 0 aromatic heterocycles. The Morgan fingerprint density at radius 1 is 1.19 bits per heavy atom. The summed E-state index contributed by atoms with van der Waals surface area (Å²) >= 11 is 0. The van der Waals surface area contributed by atoms with Crippen molar-refractivity contribution in [1.29, 1.82) is 0 Å². The number of aliphatic carboxylic acids is 1. The van der Waals surface area contributed by atoms with Gasteiger partial charge in [-0.3, -0.25) is 9.59 Å². The minimum Gasteiger partial charge on any atom is -0.481 e. The van der Waals surface area contributed by atoms with E-state index in [9.17, 15) is 14.7 Å². The zero-order valence-electron chi connectivity index (χ0n) is 15.5. The number of rotatable bonds is 12. The van der Waals surface area contributed by atoms with Crippen molar-refractivity contribution in [1.82, 2.24) is 0 Å². The number of carboxylic acids is 1. The highest BCUT2D eigenvalue weighted by molar-refractivity contribution is 5.95. The van der Waals surface area contributed by atoms with Gasteiger partial charge in [-0.25, -0.2) is 0 Å². The number of carbonyl (C=O) groups is 2. The SMILES string of the molecule is CC/C=C\C/C=C\C[C@@H](O)/C=C/[C@@H]1C(=O)C=C[C@@H]1C/C=C\CCC(=O)O. The topological polar surface area (TPSA) is 74.6 Å². The van der Waals surface area contributed by atoms with Crippen molar-refractivity contribution in [2.75, 3.05) is 0 Å². The number of aliphatic hydroxyl groups excluding tert-OH is 1. The number of ketones is 1. The van der Waals surface area contributed by atoms with Crippen LogP contribution in [0.25, 0.3) is 0 Å². The van der Waals surface area contributed by atoms with Crippen LogP contribution in [0.4, 0.5) is 0 Å². The fourth-order valence-electron chi connectivity index (χ4n) is 2.70. The first-order chi connectivity index (χ1) is 12.5. The summed E-state index contributed by atoms with van der Waals surface area (Å²) in [6.45, 7) is 2.09. The van der Waals surface area contributed by atoms with Crippen LogP contribution in [0.3, 0.4) is 0 Å². The van der Waals surface area contributed by atoms with E-state index < -0.39 is 12.1 Å². The van der Waals surface area contributed by atoms with Crippen molar-refractivity contribution >= 4 is 11.8 Å². The molecular formula is C22H30O4. The Bertz CT molecular complexity index is 581. The van der Waals surface area contributed by atoms with Crippen molar-refractivity contribution in [3.8, 4) is 0 Å². The van der Waals surface area contributed by atoms with Gasteiger partial charge < -0.3 is 10.2 Å². The minimum atomic E-state index is -0.809. The van der Waals surface area contributed by atoms with Gasteiger partial charge in [0.05, 0.1) is 6.10 Å². The molecule has 1 aliphatic carbocycles. The maximum absolute atomic E-state index is 12.0.